The molecule has 0 bridgehead atoms. The van der Waals surface area contributed by atoms with E-state index < -0.39 is 10.2 Å². The summed E-state index contributed by atoms with van der Waals surface area (Å²) in [5.74, 6) is 0. The molecule has 0 unspecified atom stereocenters. The van der Waals surface area contributed by atoms with Crippen molar-refractivity contribution in [2.45, 2.75) is 44.3 Å². The number of hydrogen-bond acceptors (Lipinski definition) is 1. The first kappa shape index (κ1) is 22.9. The van der Waals surface area contributed by atoms with Crippen LogP contribution in [0.4, 0.5) is 0 Å². The van der Waals surface area contributed by atoms with Gasteiger partial charge >= 0.3 is 0 Å². The van der Waals surface area contributed by atoms with E-state index in [1.165, 1.54) is 5.56 Å². The molecule has 30 heavy (non-hydrogen) atoms. The van der Waals surface area contributed by atoms with Crippen LogP contribution in [-0.2, 0) is 16.6 Å². The summed E-state index contributed by atoms with van der Waals surface area (Å²) in [6.45, 7) is 8.57. The Morgan fingerprint density at radius 2 is 1.50 bits per heavy atom. The molecule has 0 saturated heterocycles. The van der Waals surface area contributed by atoms with E-state index in [-0.39, 0.29) is 5.41 Å². The second kappa shape index (κ2) is 7.74. The molecule has 0 atom stereocenters. The van der Waals surface area contributed by atoms with E-state index in [9.17, 15) is 0 Å². The summed E-state index contributed by atoms with van der Waals surface area (Å²) in [4.78, 5) is 4.64. The SMILES string of the molecule is [B]C([B])([B])c1cc(-c2nccc3cc(CC(C)(C)C)ccc23)c(C)c(C([B])([B])[B])c1. The van der Waals surface area contributed by atoms with Crippen molar-refractivity contribution in [3.05, 3.63) is 64.8 Å². The lowest BCUT2D eigenvalue weighted by Crippen LogP contribution is -2.32. The fourth-order valence-corrected chi connectivity index (χ4v) is 3.82. The Morgan fingerprint density at radius 3 is 2.07 bits per heavy atom. The molecule has 136 valence electrons. The molecule has 0 fully saturated rings. The van der Waals surface area contributed by atoms with Gasteiger partial charge in [-0.05, 0) is 41.3 Å². The van der Waals surface area contributed by atoms with Crippen molar-refractivity contribution >= 4 is 57.9 Å². The molecule has 3 rings (SSSR count). The minimum absolute atomic E-state index is 0.197. The van der Waals surface area contributed by atoms with Crippen molar-refractivity contribution in [1.29, 1.82) is 0 Å². The average molecular weight is 376 g/mol. The maximum Gasteiger partial charge on any atom is 0.0783 e. The molecule has 0 saturated carbocycles. The second-order valence-electron chi connectivity index (χ2n) is 9.51. The highest BCUT2D eigenvalue weighted by Crippen LogP contribution is 2.36. The van der Waals surface area contributed by atoms with Gasteiger partial charge in [0.25, 0.3) is 0 Å². The van der Waals surface area contributed by atoms with Gasteiger partial charge in [-0.3, -0.25) is 4.98 Å². The molecule has 0 spiro atoms. The lowest BCUT2D eigenvalue weighted by molar-refractivity contribution is 0.411. The zero-order valence-electron chi connectivity index (χ0n) is 18.2. The van der Waals surface area contributed by atoms with Gasteiger partial charge in [0.2, 0.25) is 0 Å². The Morgan fingerprint density at radius 1 is 0.833 bits per heavy atom. The quantitative estimate of drug-likeness (QED) is 0.638. The predicted molar refractivity (Wildman–Crippen MR) is 133 cm³/mol. The Kier molecular flexibility index (Phi) is 5.91. The monoisotopic (exact) mass is 377 g/mol. The lowest BCUT2D eigenvalue weighted by Gasteiger charge is -2.30. The van der Waals surface area contributed by atoms with Gasteiger partial charge in [0.15, 0.2) is 0 Å². The number of fused-ring (bicyclic) bond motifs is 1. The number of rotatable bonds is 4. The third-order valence-electron chi connectivity index (χ3n) is 5.19. The zero-order chi connectivity index (χ0) is 22.5. The van der Waals surface area contributed by atoms with E-state index in [4.69, 9.17) is 47.1 Å². The first-order valence-corrected chi connectivity index (χ1v) is 9.94. The van der Waals surface area contributed by atoms with Crippen molar-refractivity contribution in [2.24, 2.45) is 5.41 Å². The fourth-order valence-electron chi connectivity index (χ4n) is 3.82. The molecule has 0 aliphatic carbocycles. The highest BCUT2D eigenvalue weighted by molar-refractivity contribution is 6.60. The molecular weight excluding hydrogens is 355 g/mol. The highest BCUT2D eigenvalue weighted by Gasteiger charge is 2.23. The maximum absolute atomic E-state index is 6.02. The first-order chi connectivity index (χ1) is 13.7. The van der Waals surface area contributed by atoms with Crippen LogP contribution in [0, 0.1) is 12.3 Å². The second-order valence-corrected chi connectivity index (χ2v) is 9.51. The molecular formula is C23H21B6N. The topological polar surface area (TPSA) is 12.9 Å². The van der Waals surface area contributed by atoms with Crippen LogP contribution in [0.25, 0.3) is 22.0 Å². The molecule has 7 heteroatoms. The third-order valence-corrected chi connectivity index (χ3v) is 5.19. The van der Waals surface area contributed by atoms with Gasteiger partial charge in [0.05, 0.1) is 52.8 Å². The number of nitrogens with zero attached hydrogens (tertiary/aromatic N) is 1. The van der Waals surface area contributed by atoms with Gasteiger partial charge in [0, 0.05) is 17.1 Å². The molecule has 0 aliphatic rings. The molecule has 1 aromatic heterocycles. The highest BCUT2D eigenvalue weighted by atomic mass is 14.7. The molecule has 2 aromatic carbocycles. The number of aromatic nitrogens is 1. The van der Waals surface area contributed by atoms with Crippen LogP contribution >= 0.6 is 0 Å². The van der Waals surface area contributed by atoms with Gasteiger partial charge in [-0.1, -0.05) is 62.2 Å². The summed E-state index contributed by atoms with van der Waals surface area (Å²) in [5, 5.41) is -1.07. The molecule has 1 nitrogen and oxygen atoms in total. The Labute approximate surface area is 188 Å². The lowest BCUT2D eigenvalue weighted by atomic mass is 9.37. The van der Waals surface area contributed by atoms with Crippen LogP contribution < -0.4 is 0 Å². The van der Waals surface area contributed by atoms with Gasteiger partial charge in [-0.25, -0.2) is 0 Å². The minimum atomic E-state index is -1.58. The summed E-state index contributed by atoms with van der Waals surface area (Å²) in [6.07, 6.45) is 2.76. The maximum atomic E-state index is 6.02. The van der Waals surface area contributed by atoms with Crippen LogP contribution in [0.5, 0.6) is 0 Å². The van der Waals surface area contributed by atoms with E-state index in [2.05, 4.69) is 44.0 Å². The minimum Gasteiger partial charge on any atom is -0.256 e. The van der Waals surface area contributed by atoms with Crippen LogP contribution in [0.1, 0.15) is 43.0 Å². The number of benzene rings is 2. The Hall–Kier alpha value is -1.76. The van der Waals surface area contributed by atoms with Crippen LogP contribution in [0.3, 0.4) is 0 Å². The molecule has 1 heterocycles. The van der Waals surface area contributed by atoms with Crippen molar-refractivity contribution in [3.63, 3.8) is 0 Å². The molecule has 12 radical (unpaired) electrons. The summed E-state index contributed by atoms with van der Waals surface area (Å²) >= 11 is 0. The van der Waals surface area contributed by atoms with Crippen molar-refractivity contribution in [1.82, 2.24) is 4.98 Å². The van der Waals surface area contributed by atoms with Gasteiger partial charge in [-0.15, -0.1) is 10.2 Å². The van der Waals surface area contributed by atoms with Crippen LogP contribution in [0.15, 0.2) is 42.6 Å². The standard InChI is InChI=1S/C23H21B6N/c1-13-18(10-16(22(24,25)26)11-19(13)23(27,28)29)20-17-6-5-14(12-21(2,3)4)9-15(17)7-8-30-20/h5-11H,12H2,1-4H3. The largest absolute Gasteiger partial charge is 0.256 e. The first-order valence-electron chi connectivity index (χ1n) is 9.94. The van der Waals surface area contributed by atoms with Crippen molar-refractivity contribution in [2.75, 3.05) is 0 Å². The number of pyridine rings is 1. The van der Waals surface area contributed by atoms with E-state index in [0.717, 1.165) is 34.0 Å². The molecule has 0 amide bonds. The van der Waals surface area contributed by atoms with Gasteiger partial charge < -0.3 is 0 Å². The summed E-state index contributed by atoms with van der Waals surface area (Å²) in [7, 11) is 36.0. The zero-order valence-corrected chi connectivity index (χ0v) is 18.2. The Bertz CT molecular complexity index is 1090. The summed E-state index contributed by atoms with van der Waals surface area (Å²) < 4.78 is 0. The molecule has 3 aromatic rings. The van der Waals surface area contributed by atoms with Gasteiger partial charge in [0.1, 0.15) is 0 Å². The summed E-state index contributed by atoms with van der Waals surface area (Å²) in [5.41, 5.74) is 4.79. The van der Waals surface area contributed by atoms with E-state index in [1.807, 2.05) is 19.1 Å². The normalized spacial score (nSPS) is 12.9. The van der Waals surface area contributed by atoms with E-state index in [0.29, 0.717) is 11.1 Å². The van der Waals surface area contributed by atoms with Crippen molar-refractivity contribution < 1.29 is 0 Å². The predicted octanol–water partition coefficient (Wildman–Crippen LogP) is 3.03. The smallest absolute Gasteiger partial charge is 0.0783 e. The molecule has 0 N–H and O–H groups in total. The average Bonchev–Trinajstić information content (AvgIpc) is 2.58. The molecule has 0 aliphatic heterocycles. The van der Waals surface area contributed by atoms with Gasteiger partial charge in [-0.2, -0.15) is 0 Å². The third kappa shape index (κ3) is 4.93. The Balaban J connectivity index is 2.27. The summed E-state index contributed by atoms with van der Waals surface area (Å²) in [6, 6.07) is 11.9. The fraction of sp³-hybridized carbons (Fsp3) is 0.348. The van der Waals surface area contributed by atoms with E-state index >= 15 is 0 Å². The van der Waals surface area contributed by atoms with Crippen LogP contribution in [0.2, 0.25) is 0 Å². The van der Waals surface area contributed by atoms with Crippen molar-refractivity contribution in [3.8, 4) is 11.3 Å². The van der Waals surface area contributed by atoms with E-state index in [1.54, 1.807) is 12.3 Å². The number of hydrogen-bond donors (Lipinski definition) is 0. The van der Waals surface area contributed by atoms with Crippen LogP contribution in [-0.4, -0.2) is 52.1 Å².